The topological polar surface area (TPSA) is 12.5 Å². The molecule has 2 heteroatoms. The van der Waals surface area contributed by atoms with E-state index < -0.39 is 0 Å². The summed E-state index contributed by atoms with van der Waals surface area (Å²) in [4.78, 5) is 2.32. The van der Waals surface area contributed by atoms with Crippen LogP contribution in [0, 0.1) is 0 Å². The van der Waals surface area contributed by atoms with Crippen LogP contribution in [0.15, 0.2) is 48.5 Å². The molecule has 2 nitrogen and oxygen atoms in total. The van der Waals surface area contributed by atoms with Crippen molar-refractivity contribution in [1.82, 2.24) is 0 Å². The van der Waals surface area contributed by atoms with Gasteiger partial charge in [-0.2, -0.15) is 0 Å². The Bertz CT molecular complexity index is 550. The maximum absolute atomic E-state index is 5.87. The second-order valence-corrected chi connectivity index (χ2v) is 5.09. The van der Waals surface area contributed by atoms with E-state index in [4.69, 9.17) is 4.74 Å². The Balaban J connectivity index is 1.72. The summed E-state index contributed by atoms with van der Waals surface area (Å²) in [6, 6.07) is 16.7. The fraction of sp³-hybridized carbons (Fsp3) is 0.294. The Morgan fingerprint density at radius 3 is 2.79 bits per heavy atom. The van der Waals surface area contributed by atoms with Crippen LogP contribution in [-0.2, 0) is 13.0 Å². The van der Waals surface area contributed by atoms with Crippen molar-refractivity contribution < 1.29 is 4.74 Å². The van der Waals surface area contributed by atoms with Crippen LogP contribution in [0.4, 0.5) is 5.69 Å². The lowest BCUT2D eigenvalue weighted by Gasteiger charge is -2.27. The van der Waals surface area contributed by atoms with Crippen molar-refractivity contribution in [1.29, 1.82) is 0 Å². The summed E-state index contributed by atoms with van der Waals surface area (Å²) in [5.74, 6) is 0.970. The summed E-state index contributed by atoms with van der Waals surface area (Å²) in [6.07, 6.45) is 2.38. The first-order valence-corrected chi connectivity index (χ1v) is 6.84. The number of benzene rings is 2. The van der Waals surface area contributed by atoms with Crippen molar-refractivity contribution in [3.8, 4) is 5.75 Å². The highest BCUT2D eigenvalue weighted by atomic mass is 16.5. The first-order chi connectivity index (χ1) is 9.33. The van der Waals surface area contributed by atoms with Gasteiger partial charge in [0.2, 0.25) is 0 Å². The Hall–Kier alpha value is -1.96. The fourth-order valence-corrected chi connectivity index (χ4v) is 2.59. The summed E-state index contributed by atoms with van der Waals surface area (Å²) in [5.41, 5.74) is 3.95. The van der Waals surface area contributed by atoms with E-state index >= 15 is 0 Å². The third-order valence-electron chi connectivity index (χ3n) is 3.65. The van der Waals surface area contributed by atoms with Crippen molar-refractivity contribution in [3.05, 3.63) is 59.7 Å². The van der Waals surface area contributed by atoms with Crippen LogP contribution >= 0.6 is 0 Å². The second-order valence-electron chi connectivity index (χ2n) is 5.09. The zero-order chi connectivity index (χ0) is 13.1. The first-order valence-electron chi connectivity index (χ1n) is 6.84. The van der Waals surface area contributed by atoms with Gasteiger partial charge in [-0.3, -0.25) is 0 Å². The molecule has 2 aromatic rings. The van der Waals surface area contributed by atoms with Gasteiger partial charge in [-0.15, -0.1) is 0 Å². The zero-order valence-electron chi connectivity index (χ0n) is 11.3. The van der Waals surface area contributed by atoms with Gasteiger partial charge in [0.25, 0.3) is 0 Å². The lowest BCUT2D eigenvalue weighted by atomic mass is 10.0. The average molecular weight is 253 g/mol. The van der Waals surface area contributed by atoms with E-state index in [9.17, 15) is 0 Å². The number of nitrogens with zero attached hydrogens (tertiary/aromatic N) is 1. The predicted octanol–water partition coefficient (Wildman–Crippen LogP) is 3.65. The number of anilines is 1. The van der Waals surface area contributed by atoms with Crippen molar-refractivity contribution in [2.45, 2.75) is 19.4 Å². The quantitative estimate of drug-likeness (QED) is 0.828. The van der Waals surface area contributed by atoms with Gasteiger partial charge < -0.3 is 9.64 Å². The molecule has 0 aliphatic carbocycles. The maximum Gasteiger partial charge on any atom is 0.120 e. The van der Waals surface area contributed by atoms with Gasteiger partial charge in [0, 0.05) is 19.3 Å². The fourth-order valence-electron chi connectivity index (χ4n) is 2.59. The van der Waals surface area contributed by atoms with Crippen LogP contribution in [0.2, 0.25) is 0 Å². The Morgan fingerprint density at radius 2 is 1.95 bits per heavy atom. The van der Waals surface area contributed by atoms with Crippen molar-refractivity contribution in [3.63, 3.8) is 0 Å². The lowest BCUT2D eigenvalue weighted by molar-refractivity contribution is 0.306. The second kappa shape index (κ2) is 5.35. The molecule has 1 aliphatic heterocycles. The minimum absolute atomic E-state index is 0.634. The number of ether oxygens (including phenoxy) is 1. The molecule has 0 spiro atoms. The molecule has 0 atom stereocenters. The molecule has 0 N–H and O–H groups in total. The molecule has 0 fully saturated rings. The van der Waals surface area contributed by atoms with E-state index in [1.807, 2.05) is 18.2 Å². The molecule has 3 rings (SSSR count). The molecule has 0 bridgehead atoms. The predicted molar refractivity (Wildman–Crippen MR) is 78.8 cm³/mol. The molecule has 0 amide bonds. The zero-order valence-corrected chi connectivity index (χ0v) is 11.3. The summed E-state index contributed by atoms with van der Waals surface area (Å²) in [6.45, 7) is 1.78. The van der Waals surface area contributed by atoms with E-state index in [2.05, 4.69) is 42.3 Å². The van der Waals surface area contributed by atoms with Crippen molar-refractivity contribution in [2.75, 3.05) is 18.5 Å². The molecule has 1 heterocycles. The maximum atomic E-state index is 5.87. The van der Waals surface area contributed by atoms with Gasteiger partial charge in [0.05, 0.1) is 0 Å². The highest BCUT2D eigenvalue weighted by Crippen LogP contribution is 2.29. The van der Waals surface area contributed by atoms with Gasteiger partial charge in [0.15, 0.2) is 0 Å². The molecule has 0 saturated carbocycles. The van der Waals surface area contributed by atoms with E-state index in [1.165, 1.54) is 23.2 Å². The van der Waals surface area contributed by atoms with Gasteiger partial charge in [-0.1, -0.05) is 30.3 Å². The molecule has 19 heavy (non-hydrogen) atoms. The largest absolute Gasteiger partial charge is 0.489 e. The van der Waals surface area contributed by atoms with Crippen LogP contribution in [-0.4, -0.2) is 13.6 Å². The number of hydrogen-bond acceptors (Lipinski definition) is 2. The molecule has 2 aromatic carbocycles. The van der Waals surface area contributed by atoms with E-state index in [0.29, 0.717) is 6.61 Å². The third kappa shape index (κ3) is 2.73. The number of rotatable bonds is 3. The minimum atomic E-state index is 0.634. The summed E-state index contributed by atoms with van der Waals surface area (Å²) < 4.78 is 5.87. The molecule has 0 saturated heterocycles. The van der Waals surface area contributed by atoms with Crippen LogP contribution in [0.1, 0.15) is 17.5 Å². The standard InChI is InChI=1S/C17H19NO/c1-18-11-5-8-15-12-16(9-10-17(15)18)19-13-14-6-3-2-4-7-14/h2-4,6-7,9-10,12H,5,8,11,13H2,1H3. The molecule has 0 radical (unpaired) electrons. The SMILES string of the molecule is CN1CCCc2cc(OCc3ccccc3)ccc21. The number of aryl methyl sites for hydroxylation is 1. The molecule has 98 valence electrons. The van der Waals surface area contributed by atoms with Crippen molar-refractivity contribution in [2.24, 2.45) is 0 Å². The normalized spacial score (nSPS) is 14.1. The molecular formula is C17H19NO. The Kier molecular flexibility index (Phi) is 3.41. The van der Waals surface area contributed by atoms with Crippen LogP contribution < -0.4 is 9.64 Å². The highest BCUT2D eigenvalue weighted by Gasteiger charge is 2.13. The van der Waals surface area contributed by atoms with Crippen LogP contribution in [0.25, 0.3) is 0 Å². The highest BCUT2D eigenvalue weighted by molar-refractivity contribution is 5.57. The van der Waals surface area contributed by atoms with E-state index in [0.717, 1.165) is 18.7 Å². The number of fused-ring (bicyclic) bond motifs is 1. The van der Waals surface area contributed by atoms with E-state index in [-0.39, 0.29) is 0 Å². The van der Waals surface area contributed by atoms with Gasteiger partial charge in [0.1, 0.15) is 12.4 Å². The van der Waals surface area contributed by atoms with E-state index in [1.54, 1.807) is 0 Å². The molecule has 1 aliphatic rings. The lowest BCUT2D eigenvalue weighted by Crippen LogP contribution is -2.24. The van der Waals surface area contributed by atoms with Gasteiger partial charge in [-0.05, 0) is 42.2 Å². The third-order valence-corrected chi connectivity index (χ3v) is 3.65. The average Bonchev–Trinajstić information content (AvgIpc) is 2.46. The monoisotopic (exact) mass is 253 g/mol. The number of hydrogen-bond donors (Lipinski definition) is 0. The van der Waals surface area contributed by atoms with Crippen molar-refractivity contribution >= 4 is 5.69 Å². The van der Waals surface area contributed by atoms with Gasteiger partial charge >= 0.3 is 0 Å². The first kappa shape index (κ1) is 12.1. The molecular weight excluding hydrogens is 234 g/mol. The summed E-state index contributed by atoms with van der Waals surface area (Å²) in [5, 5.41) is 0. The van der Waals surface area contributed by atoms with Crippen LogP contribution in [0.3, 0.4) is 0 Å². The summed E-state index contributed by atoms with van der Waals surface area (Å²) in [7, 11) is 2.16. The summed E-state index contributed by atoms with van der Waals surface area (Å²) >= 11 is 0. The Morgan fingerprint density at radius 1 is 1.11 bits per heavy atom. The Labute approximate surface area is 114 Å². The molecule has 0 aromatic heterocycles. The minimum Gasteiger partial charge on any atom is -0.489 e. The van der Waals surface area contributed by atoms with Crippen LogP contribution in [0.5, 0.6) is 5.75 Å². The smallest absolute Gasteiger partial charge is 0.120 e. The van der Waals surface area contributed by atoms with Gasteiger partial charge in [-0.25, -0.2) is 0 Å². The molecule has 0 unspecified atom stereocenters.